The highest BCUT2D eigenvalue weighted by Gasteiger charge is 2.24. The lowest BCUT2D eigenvalue weighted by Gasteiger charge is -2.35. The summed E-state index contributed by atoms with van der Waals surface area (Å²) in [6.07, 6.45) is 3.76. The molecule has 0 spiro atoms. The van der Waals surface area contributed by atoms with Gasteiger partial charge in [0.05, 0.1) is 6.04 Å². The fourth-order valence-electron chi connectivity index (χ4n) is 3.81. The fourth-order valence-corrected chi connectivity index (χ4v) is 3.81. The molecule has 1 aromatic carbocycles. The normalized spacial score (nSPS) is 16.3. The Morgan fingerprint density at radius 2 is 1.86 bits per heavy atom. The third kappa shape index (κ3) is 7.77. The van der Waals surface area contributed by atoms with Crippen LogP contribution in [-0.2, 0) is 11.2 Å². The van der Waals surface area contributed by atoms with E-state index >= 15 is 0 Å². The molecule has 2 rings (SSSR count). The predicted molar refractivity (Wildman–Crippen MR) is 132 cm³/mol. The van der Waals surface area contributed by atoms with Crippen LogP contribution in [-0.4, -0.2) is 69.5 Å². The first-order chi connectivity index (χ1) is 13.5. The van der Waals surface area contributed by atoms with E-state index in [1.54, 1.807) is 7.05 Å². The van der Waals surface area contributed by atoms with Crippen LogP contribution in [0.15, 0.2) is 29.3 Å². The summed E-state index contributed by atoms with van der Waals surface area (Å²) in [5, 5.41) is 6.30. The summed E-state index contributed by atoms with van der Waals surface area (Å²) in [6.45, 7) is 4.88. The maximum atomic E-state index is 11.6. The summed E-state index contributed by atoms with van der Waals surface area (Å²) in [6, 6.07) is 9.19. The van der Waals surface area contributed by atoms with E-state index in [-0.39, 0.29) is 35.9 Å². The number of carbonyl (C=O) groups is 1. The first-order valence-corrected chi connectivity index (χ1v) is 10.4. The number of hydrogen-bond donors (Lipinski definition) is 2. The van der Waals surface area contributed by atoms with Crippen molar-refractivity contribution in [2.75, 3.05) is 47.8 Å². The standard InChI is InChI=1S/C22H37N5O.HI/c1-6-17-7-9-19(10-8-17)20(26(4)5)16-25-22(24-3)27-13-11-18(12-14-27)15-21(28)23-2;/h7-10,18,20H,6,11-16H2,1-5H3,(H,23,28)(H,24,25);1H. The minimum atomic E-state index is 0. The van der Waals surface area contributed by atoms with Crippen LogP contribution in [0.1, 0.15) is 43.4 Å². The van der Waals surface area contributed by atoms with Gasteiger partial charge in [-0.3, -0.25) is 9.79 Å². The average Bonchev–Trinajstić information content (AvgIpc) is 2.72. The zero-order chi connectivity index (χ0) is 20.5. The van der Waals surface area contributed by atoms with Gasteiger partial charge >= 0.3 is 0 Å². The molecule has 1 unspecified atom stereocenters. The Hall–Kier alpha value is -1.35. The third-order valence-electron chi connectivity index (χ3n) is 5.73. The molecule has 0 aromatic heterocycles. The van der Waals surface area contributed by atoms with Crippen molar-refractivity contribution >= 4 is 35.8 Å². The molecule has 1 saturated heterocycles. The molecule has 7 heteroatoms. The number of piperidine rings is 1. The molecule has 29 heavy (non-hydrogen) atoms. The van der Waals surface area contributed by atoms with Gasteiger partial charge in [-0.1, -0.05) is 31.2 Å². The summed E-state index contributed by atoms with van der Waals surface area (Å²) in [5.74, 6) is 1.57. The smallest absolute Gasteiger partial charge is 0.220 e. The Balaban J connectivity index is 0.00000420. The van der Waals surface area contributed by atoms with Crippen molar-refractivity contribution in [2.45, 2.75) is 38.6 Å². The SMILES string of the molecule is CCc1ccc(C(CNC(=NC)N2CCC(CC(=O)NC)CC2)N(C)C)cc1.I. The van der Waals surface area contributed by atoms with Crippen LogP contribution >= 0.6 is 24.0 Å². The van der Waals surface area contributed by atoms with Crippen molar-refractivity contribution < 1.29 is 4.79 Å². The van der Waals surface area contributed by atoms with Crippen LogP contribution in [0, 0.1) is 5.92 Å². The lowest BCUT2D eigenvalue weighted by Crippen LogP contribution is -2.47. The second kappa shape index (κ2) is 13.1. The van der Waals surface area contributed by atoms with Crippen LogP contribution < -0.4 is 10.6 Å². The summed E-state index contributed by atoms with van der Waals surface area (Å²) < 4.78 is 0. The molecule has 2 N–H and O–H groups in total. The molecule has 0 radical (unpaired) electrons. The number of nitrogens with zero attached hydrogens (tertiary/aromatic N) is 3. The lowest BCUT2D eigenvalue weighted by atomic mass is 9.93. The van der Waals surface area contributed by atoms with Crippen molar-refractivity contribution in [2.24, 2.45) is 10.9 Å². The number of hydrogen-bond acceptors (Lipinski definition) is 3. The van der Waals surface area contributed by atoms with E-state index in [0.717, 1.165) is 44.9 Å². The quantitative estimate of drug-likeness (QED) is 0.333. The summed E-state index contributed by atoms with van der Waals surface area (Å²) in [4.78, 5) is 20.7. The number of aryl methyl sites for hydroxylation is 1. The largest absolute Gasteiger partial charge is 0.359 e. The molecule has 0 aliphatic carbocycles. The summed E-state index contributed by atoms with van der Waals surface area (Å²) in [5.41, 5.74) is 2.68. The molecule has 6 nitrogen and oxygen atoms in total. The van der Waals surface area contributed by atoms with E-state index in [0.29, 0.717) is 12.3 Å². The van der Waals surface area contributed by atoms with Crippen molar-refractivity contribution in [1.29, 1.82) is 0 Å². The van der Waals surface area contributed by atoms with E-state index in [2.05, 4.69) is 70.7 Å². The highest BCUT2D eigenvalue weighted by molar-refractivity contribution is 14.0. The zero-order valence-electron chi connectivity index (χ0n) is 18.6. The number of likely N-dealkylation sites (N-methyl/N-ethyl adjacent to an activating group) is 1. The topological polar surface area (TPSA) is 60.0 Å². The second-order valence-electron chi connectivity index (χ2n) is 7.81. The van der Waals surface area contributed by atoms with E-state index < -0.39 is 0 Å². The van der Waals surface area contributed by atoms with Gasteiger partial charge in [0.25, 0.3) is 0 Å². The molecule has 1 atom stereocenters. The van der Waals surface area contributed by atoms with Crippen molar-refractivity contribution in [3.63, 3.8) is 0 Å². The van der Waals surface area contributed by atoms with Crippen LogP contribution in [0.3, 0.4) is 0 Å². The maximum Gasteiger partial charge on any atom is 0.220 e. The number of amides is 1. The molecule has 164 valence electrons. The number of guanidine groups is 1. The van der Waals surface area contributed by atoms with Crippen molar-refractivity contribution in [3.8, 4) is 0 Å². The van der Waals surface area contributed by atoms with Gasteiger partial charge in [-0.25, -0.2) is 0 Å². The molecule has 1 heterocycles. The summed E-state index contributed by atoms with van der Waals surface area (Å²) in [7, 11) is 7.79. The molecule has 1 aliphatic heterocycles. The lowest BCUT2D eigenvalue weighted by molar-refractivity contribution is -0.121. The van der Waals surface area contributed by atoms with E-state index in [1.807, 2.05) is 7.05 Å². The number of nitrogens with one attached hydrogen (secondary N) is 2. The van der Waals surface area contributed by atoms with Crippen molar-refractivity contribution in [1.82, 2.24) is 20.4 Å². The van der Waals surface area contributed by atoms with Gasteiger partial charge in [0.1, 0.15) is 0 Å². The highest BCUT2D eigenvalue weighted by Crippen LogP contribution is 2.21. The van der Waals surface area contributed by atoms with Gasteiger partial charge in [-0.15, -0.1) is 24.0 Å². The van der Waals surface area contributed by atoms with E-state index in [1.165, 1.54) is 11.1 Å². The molecular formula is C22H38IN5O. The molecule has 0 saturated carbocycles. The number of halogens is 1. The highest BCUT2D eigenvalue weighted by atomic mass is 127. The van der Waals surface area contributed by atoms with Gasteiger partial charge in [0.15, 0.2) is 5.96 Å². The Kier molecular flexibility index (Phi) is 11.6. The Morgan fingerprint density at radius 3 is 2.34 bits per heavy atom. The average molecular weight is 515 g/mol. The predicted octanol–water partition coefficient (Wildman–Crippen LogP) is 2.89. The number of likely N-dealkylation sites (tertiary alicyclic amines) is 1. The Labute approximate surface area is 193 Å². The first-order valence-electron chi connectivity index (χ1n) is 10.4. The zero-order valence-corrected chi connectivity index (χ0v) is 20.9. The van der Waals surface area contributed by atoms with Crippen LogP contribution in [0.5, 0.6) is 0 Å². The Bertz CT molecular complexity index is 639. The molecule has 1 fully saturated rings. The van der Waals surface area contributed by atoms with E-state index in [4.69, 9.17) is 0 Å². The molecule has 0 bridgehead atoms. The third-order valence-corrected chi connectivity index (χ3v) is 5.73. The van der Waals surface area contributed by atoms with Gasteiger partial charge in [0.2, 0.25) is 5.91 Å². The van der Waals surface area contributed by atoms with Crippen LogP contribution in [0.4, 0.5) is 0 Å². The van der Waals surface area contributed by atoms with Crippen molar-refractivity contribution in [3.05, 3.63) is 35.4 Å². The number of aliphatic imine (C=N–C) groups is 1. The maximum absolute atomic E-state index is 11.6. The van der Waals surface area contributed by atoms with Crippen LogP contribution in [0.2, 0.25) is 0 Å². The number of benzene rings is 1. The second-order valence-corrected chi connectivity index (χ2v) is 7.81. The number of carbonyl (C=O) groups excluding carboxylic acids is 1. The Morgan fingerprint density at radius 1 is 1.24 bits per heavy atom. The molecule has 1 amide bonds. The summed E-state index contributed by atoms with van der Waals surface area (Å²) >= 11 is 0. The van der Waals surface area contributed by atoms with E-state index in [9.17, 15) is 4.79 Å². The minimum Gasteiger partial charge on any atom is -0.359 e. The first kappa shape index (κ1) is 25.7. The van der Waals surface area contributed by atoms with Gasteiger partial charge in [-0.05, 0) is 50.4 Å². The molecule has 1 aliphatic rings. The fraction of sp³-hybridized carbons (Fsp3) is 0.636. The minimum absolute atomic E-state index is 0. The molecule has 1 aromatic rings. The van der Waals surface area contributed by atoms with Gasteiger partial charge in [-0.2, -0.15) is 0 Å². The number of rotatable bonds is 7. The van der Waals surface area contributed by atoms with Crippen LogP contribution in [0.25, 0.3) is 0 Å². The van der Waals surface area contributed by atoms with Gasteiger partial charge < -0.3 is 20.4 Å². The van der Waals surface area contributed by atoms with Gasteiger partial charge in [0, 0.05) is 40.2 Å². The monoisotopic (exact) mass is 515 g/mol. The molecular weight excluding hydrogens is 477 g/mol.